The van der Waals surface area contributed by atoms with Crippen LogP contribution in [-0.2, 0) is 0 Å². The van der Waals surface area contributed by atoms with Crippen LogP contribution in [0.2, 0.25) is 0 Å². The van der Waals surface area contributed by atoms with Crippen LogP contribution in [0, 0.1) is 3860 Å². The first-order valence-corrected chi connectivity index (χ1v) is 0. The third kappa shape index (κ3) is 697. The Kier molecular flexibility index (Phi) is 5060. The molecule has 0 aliphatic rings. The van der Waals surface area contributed by atoms with E-state index < -0.39 is 0 Å². The summed E-state index contributed by atoms with van der Waals surface area (Å²) in [5, 5.41) is 0. The number of rotatable bonds is 0. The average molecular weight is 15900 g/mol. The first-order chi connectivity index (χ1) is 0. The minimum absolute atomic E-state index is 0. The van der Waals surface area contributed by atoms with Crippen LogP contribution in [0.1, 0.15) is 0 Å². The maximum Gasteiger partial charge on any atom is 0 e. The Morgan fingerprint density at radius 3 is 0.0100 bits per heavy atom. The van der Waals surface area contributed by atoms with Gasteiger partial charge in [0.15, 0.2) is 0 Å². The van der Waals surface area contributed by atoms with Crippen molar-refractivity contribution < 1.29 is 3860 Å². The second kappa shape index (κ2) is 707. The number of hydrogen-bond acceptors (Lipinski definition) is 0. The van der Waals surface area contributed by atoms with Crippen LogP contribution < -0.4 is 0 Å². The molecule has 0 rings (SSSR count). The molecule has 0 N–H and O–H groups in total. The largest absolute Gasteiger partial charge is 0 e. The molecule has 0 spiro atoms. The van der Waals surface area contributed by atoms with Gasteiger partial charge in [0.25, 0.3) is 0 Å². The van der Waals surface area contributed by atoms with Gasteiger partial charge in [-0.25, -0.2) is 0 Å². The molecule has 0 aliphatic heterocycles. The van der Waals surface area contributed by atoms with E-state index in [0.717, 1.165) is 0 Å². The van der Waals surface area contributed by atoms with Crippen LogP contribution >= 0.6 is 0 Å². The van der Waals surface area contributed by atoms with Gasteiger partial charge in [-0.3, -0.25) is 0 Å². The zero-order valence-corrected chi connectivity index (χ0v) is 247. The second-order valence-corrected chi connectivity index (χ2v) is 0. The molecule has 0 atom stereocenters. The van der Waals surface area contributed by atoms with Gasteiger partial charge in [-0.15, -0.1) is 0 Å². The van der Waals surface area contributed by atoms with Crippen LogP contribution in [-0.4, -0.2) is 0 Å². The predicted molar refractivity (Wildman–Crippen MR) is 0 cm³/mol. The van der Waals surface area contributed by atoms with E-state index in [2.05, 4.69) is 0 Å². The molecule has 0 aromatic heterocycles. The molecule has 100 radical (unpaired) electrons. The molecule has 0 unspecified atom stereocenters. The van der Waals surface area contributed by atoms with Gasteiger partial charge in [0.1, 0.15) is 0 Å². The van der Waals surface area contributed by atoms with Crippen LogP contribution in [0.4, 0.5) is 0 Å². The average Bonchev–Trinajstić information content (AvgIpc) is 0. The minimum Gasteiger partial charge on any atom is 0 e. The Morgan fingerprint density at radius 1 is 0.0100 bits per heavy atom. The molecule has 0 amide bonds. The normalized spacial score (nSPS) is 0. The summed E-state index contributed by atoms with van der Waals surface area (Å²) in [6.07, 6.45) is 0. The SMILES string of the molecule is [Tb].[Tb].[Tb].[Tb].[Tb].[Tb].[Tb].[Tb].[Tb].[Tb].[Tb].[Tb].[Tb].[Tb].[Tb].[Tb].[Tb].[Tb].[Tb].[Tb].[Tb].[Tb].[Tb].[Tb].[Tb].[Tb].[Tb].[Tb].[Tb].[Tb].[Tb].[Tb].[Tb].[Tb].[Tb].[Tb].[Tb].[Tb].[Tb].[Tb].[Tb].[Tb].[Tb].[Tb].[Tb].[Tb].[Tb].[Tb].[Tb].[Tb].[Tb].[Tb].[Tb].[Tb].[Tb].[Tb].[Tb].[Tb].[Tb].[Tb].[Tb].[Tb].[Tb].[Tb].[Tb].[Tb].[Tb].[Tb].[Tb].[Tb].[Tb].[Tb].[Tb].[Tb].[Tb].[Tb].[Tb].[Tb].[Tb].[Tb].[Tb].[Tb].[Tb].[Tb].[Tb].[Tb].[Tb].[Tb].[Tb].[Tb].[Tb].[Tb].[Tb].[Tb].[Tb].[Tb].[Tb].[Tb].[Tb].[Tb]. The maximum absolute atomic E-state index is 0. The van der Waals surface area contributed by atoms with Crippen LogP contribution in [0.15, 0.2) is 0 Å². The van der Waals surface area contributed by atoms with Crippen molar-refractivity contribution in [2.24, 2.45) is 0 Å². The summed E-state index contributed by atoms with van der Waals surface area (Å²) in [5.74, 6) is 0. The molecule has 900 valence electrons. The van der Waals surface area contributed by atoms with Gasteiger partial charge in [0, 0.05) is 3860 Å². The summed E-state index contributed by atoms with van der Waals surface area (Å²) < 4.78 is 0. The molecule has 0 nitrogen and oxygen atoms in total. The fraction of sp³-hybridized carbons (Fsp3) is 0. The summed E-state index contributed by atoms with van der Waals surface area (Å²) in [7, 11) is 0. The molecule has 0 aliphatic carbocycles. The Hall–Kier alpha value is 129. The standard InChI is InChI=1S/100Tb. The third-order valence-corrected chi connectivity index (χ3v) is 0. The van der Waals surface area contributed by atoms with Gasteiger partial charge >= 0.3 is 0 Å². The van der Waals surface area contributed by atoms with Crippen molar-refractivity contribution >= 4 is 0 Å². The number of hydrogen-bond donors (Lipinski definition) is 0. The van der Waals surface area contributed by atoms with E-state index in [9.17, 15) is 0 Å². The summed E-state index contributed by atoms with van der Waals surface area (Å²) in [6, 6.07) is 0. The van der Waals surface area contributed by atoms with Crippen molar-refractivity contribution in [3.63, 3.8) is 0 Å². The Bertz CT molecular complexity index is 0. The zero-order chi connectivity index (χ0) is 0. The molecule has 100 heteroatoms. The monoisotopic (exact) mass is 15900 g/mol. The Labute approximate surface area is 3700 Å². The molecular weight excluding hydrogens is 15900 g/mol. The maximum atomic E-state index is 0. The second-order valence-electron chi connectivity index (χ2n) is 0. The van der Waals surface area contributed by atoms with Gasteiger partial charge < -0.3 is 0 Å². The Balaban J connectivity index is 0. The van der Waals surface area contributed by atoms with Gasteiger partial charge in [0.2, 0.25) is 0 Å². The molecular formula is Tb100. The van der Waals surface area contributed by atoms with E-state index in [-0.39, 0.29) is 3860 Å². The molecule has 0 saturated heterocycles. The third-order valence-electron chi connectivity index (χ3n) is 0. The first-order valence-electron chi connectivity index (χ1n) is 0. The smallest absolute Gasteiger partial charge is 0 e. The molecule has 0 fully saturated rings. The van der Waals surface area contributed by atoms with Crippen molar-refractivity contribution in [1.82, 2.24) is 0 Å². The zero-order valence-electron chi connectivity index (χ0n) is 33.3. The quantitative estimate of drug-likeness (QED) is 0.321. The van der Waals surface area contributed by atoms with E-state index in [1.165, 1.54) is 0 Å². The van der Waals surface area contributed by atoms with Crippen molar-refractivity contribution in [2.75, 3.05) is 0 Å². The van der Waals surface area contributed by atoms with Gasteiger partial charge in [-0.05, 0) is 0 Å². The first kappa shape index (κ1) is 716. The van der Waals surface area contributed by atoms with Crippen LogP contribution in [0.3, 0.4) is 0 Å². The molecule has 0 heterocycles. The fourth-order valence-corrected chi connectivity index (χ4v) is 0. The van der Waals surface area contributed by atoms with Crippen molar-refractivity contribution in [3.05, 3.63) is 0 Å². The Morgan fingerprint density at radius 2 is 0.0100 bits per heavy atom. The van der Waals surface area contributed by atoms with Gasteiger partial charge in [-0.1, -0.05) is 0 Å². The van der Waals surface area contributed by atoms with Gasteiger partial charge in [-0.2, -0.15) is 0 Å². The minimum atomic E-state index is 0. The van der Waals surface area contributed by atoms with E-state index in [1.807, 2.05) is 0 Å². The van der Waals surface area contributed by atoms with Crippen LogP contribution in [0.25, 0.3) is 0 Å². The summed E-state index contributed by atoms with van der Waals surface area (Å²) in [5.41, 5.74) is 0. The molecule has 0 bridgehead atoms. The molecule has 100 heavy (non-hydrogen) atoms. The van der Waals surface area contributed by atoms with Crippen LogP contribution in [0.5, 0.6) is 0 Å². The van der Waals surface area contributed by atoms with Gasteiger partial charge in [0.05, 0.1) is 0 Å². The molecule has 0 aromatic carbocycles. The van der Waals surface area contributed by atoms with Crippen molar-refractivity contribution in [2.45, 2.75) is 0 Å². The fourth-order valence-electron chi connectivity index (χ4n) is 0. The topological polar surface area (TPSA) is 0 Å². The van der Waals surface area contributed by atoms with E-state index in [4.69, 9.17) is 0 Å². The summed E-state index contributed by atoms with van der Waals surface area (Å²) >= 11 is 0. The van der Waals surface area contributed by atoms with E-state index in [1.54, 1.807) is 0 Å². The van der Waals surface area contributed by atoms with E-state index >= 15 is 0 Å². The van der Waals surface area contributed by atoms with Crippen molar-refractivity contribution in [1.29, 1.82) is 0 Å². The predicted octanol–water partition coefficient (Wildman–Crippen LogP) is 0. The van der Waals surface area contributed by atoms with Crippen molar-refractivity contribution in [3.8, 4) is 0 Å². The summed E-state index contributed by atoms with van der Waals surface area (Å²) in [4.78, 5) is 0. The molecule has 0 aromatic rings. The van der Waals surface area contributed by atoms with E-state index in [0.29, 0.717) is 0 Å². The molecule has 0 saturated carbocycles. The summed E-state index contributed by atoms with van der Waals surface area (Å²) in [6.45, 7) is 0.